The quantitative estimate of drug-likeness (QED) is 0.272. The summed E-state index contributed by atoms with van der Waals surface area (Å²) in [4.78, 5) is 11.7. The molecule has 214 valence electrons. The highest BCUT2D eigenvalue weighted by Crippen LogP contribution is 2.27. The molecule has 0 spiro atoms. The number of pyridine rings is 1. The highest BCUT2D eigenvalue weighted by molar-refractivity contribution is 5.53. The van der Waals surface area contributed by atoms with Gasteiger partial charge >= 0.3 is 0 Å². The molecule has 8 heteroatoms. The fraction of sp³-hybridized carbons (Fsp3) is 0.469. The summed E-state index contributed by atoms with van der Waals surface area (Å²) < 4.78 is 22.7. The van der Waals surface area contributed by atoms with Crippen molar-refractivity contribution in [3.05, 3.63) is 78.0 Å². The number of hydrogen-bond acceptors (Lipinski definition) is 8. The van der Waals surface area contributed by atoms with Crippen LogP contribution in [-0.2, 0) is 22.6 Å². The van der Waals surface area contributed by atoms with Gasteiger partial charge in [0.1, 0.15) is 12.4 Å². The molecule has 0 aliphatic carbocycles. The van der Waals surface area contributed by atoms with E-state index in [2.05, 4.69) is 62.1 Å². The smallest absolute Gasteiger partial charge is 0.215 e. The Morgan fingerprint density at radius 1 is 0.850 bits per heavy atom. The number of methoxy groups -OCH3 is 1. The summed E-state index contributed by atoms with van der Waals surface area (Å²) in [5.41, 5.74) is 4.83. The van der Waals surface area contributed by atoms with Crippen molar-refractivity contribution in [2.75, 3.05) is 82.7 Å². The van der Waals surface area contributed by atoms with Gasteiger partial charge in [-0.25, -0.2) is 4.98 Å². The molecule has 0 radical (unpaired) electrons. The van der Waals surface area contributed by atoms with Crippen LogP contribution >= 0.6 is 0 Å². The number of rotatable bonds is 14. The number of ether oxygens (including phenoxy) is 4. The molecule has 0 N–H and O–H groups in total. The van der Waals surface area contributed by atoms with Crippen molar-refractivity contribution in [3.63, 3.8) is 0 Å². The van der Waals surface area contributed by atoms with Crippen LogP contribution in [-0.4, -0.2) is 82.8 Å². The fourth-order valence-corrected chi connectivity index (χ4v) is 5.28. The Labute approximate surface area is 238 Å². The Hall–Kier alpha value is -3.33. The third-order valence-electron chi connectivity index (χ3n) is 7.48. The Morgan fingerprint density at radius 2 is 1.62 bits per heavy atom. The number of benzene rings is 2. The van der Waals surface area contributed by atoms with Crippen molar-refractivity contribution in [1.29, 1.82) is 0 Å². The van der Waals surface area contributed by atoms with Gasteiger partial charge in [0.2, 0.25) is 5.88 Å². The van der Waals surface area contributed by atoms with Gasteiger partial charge in [-0.1, -0.05) is 24.3 Å². The van der Waals surface area contributed by atoms with Crippen LogP contribution in [0.15, 0.2) is 66.9 Å². The molecule has 5 rings (SSSR count). The molecule has 2 aliphatic heterocycles. The lowest BCUT2D eigenvalue weighted by molar-refractivity contribution is 0.0168. The highest BCUT2D eigenvalue weighted by Gasteiger charge is 2.15. The Morgan fingerprint density at radius 3 is 2.42 bits per heavy atom. The van der Waals surface area contributed by atoms with Crippen LogP contribution in [0.5, 0.6) is 11.6 Å². The molecular formula is C32H42N4O4. The molecule has 8 nitrogen and oxygen atoms in total. The summed E-state index contributed by atoms with van der Waals surface area (Å²) in [5.74, 6) is 1.47. The highest BCUT2D eigenvalue weighted by atomic mass is 16.5. The van der Waals surface area contributed by atoms with E-state index in [-0.39, 0.29) is 0 Å². The molecule has 0 saturated carbocycles. The normalized spacial score (nSPS) is 15.8. The van der Waals surface area contributed by atoms with Gasteiger partial charge in [0.25, 0.3) is 0 Å². The van der Waals surface area contributed by atoms with Crippen molar-refractivity contribution in [3.8, 4) is 11.6 Å². The van der Waals surface area contributed by atoms with Crippen LogP contribution in [0.4, 0.5) is 11.4 Å². The van der Waals surface area contributed by atoms with Crippen molar-refractivity contribution < 1.29 is 18.9 Å². The van der Waals surface area contributed by atoms with Gasteiger partial charge in [0.15, 0.2) is 0 Å². The van der Waals surface area contributed by atoms with Crippen LogP contribution in [0.25, 0.3) is 0 Å². The van der Waals surface area contributed by atoms with Crippen molar-refractivity contribution >= 4 is 11.4 Å². The predicted molar refractivity (Wildman–Crippen MR) is 159 cm³/mol. The van der Waals surface area contributed by atoms with E-state index in [1.807, 2.05) is 24.4 Å². The van der Waals surface area contributed by atoms with E-state index in [9.17, 15) is 0 Å². The molecule has 2 aromatic carbocycles. The number of morpholine rings is 1. The van der Waals surface area contributed by atoms with E-state index in [1.54, 1.807) is 7.11 Å². The van der Waals surface area contributed by atoms with Crippen LogP contribution in [0, 0.1) is 0 Å². The average Bonchev–Trinajstić information content (AvgIpc) is 3.55. The fourth-order valence-electron chi connectivity index (χ4n) is 5.28. The summed E-state index contributed by atoms with van der Waals surface area (Å²) in [6.45, 7) is 9.98. The number of nitrogens with zero attached hydrogens (tertiary/aromatic N) is 4. The lowest BCUT2D eigenvalue weighted by Crippen LogP contribution is -2.38. The zero-order valence-corrected chi connectivity index (χ0v) is 23.7. The second-order valence-electron chi connectivity index (χ2n) is 10.3. The molecule has 2 aliphatic rings. The van der Waals surface area contributed by atoms with E-state index in [0.717, 1.165) is 70.5 Å². The minimum absolute atomic E-state index is 0.466. The van der Waals surface area contributed by atoms with Crippen molar-refractivity contribution in [2.45, 2.75) is 25.9 Å². The molecule has 0 bridgehead atoms. The van der Waals surface area contributed by atoms with Gasteiger partial charge < -0.3 is 28.7 Å². The largest absolute Gasteiger partial charge is 0.497 e. The zero-order chi connectivity index (χ0) is 27.4. The number of anilines is 2. The summed E-state index contributed by atoms with van der Waals surface area (Å²) in [6, 6.07) is 21.3. The summed E-state index contributed by atoms with van der Waals surface area (Å²) in [7, 11) is 1.71. The topological polar surface area (TPSA) is 59.5 Å². The second kappa shape index (κ2) is 14.9. The van der Waals surface area contributed by atoms with Gasteiger partial charge in [-0.3, -0.25) is 4.90 Å². The van der Waals surface area contributed by atoms with Crippen LogP contribution in [0.3, 0.4) is 0 Å². The van der Waals surface area contributed by atoms with E-state index in [0.29, 0.717) is 25.7 Å². The summed E-state index contributed by atoms with van der Waals surface area (Å²) >= 11 is 0. The lowest BCUT2D eigenvalue weighted by atomic mass is 10.1. The minimum atomic E-state index is 0.466. The van der Waals surface area contributed by atoms with Gasteiger partial charge in [-0.2, -0.15) is 0 Å². The monoisotopic (exact) mass is 546 g/mol. The van der Waals surface area contributed by atoms with Gasteiger partial charge in [0.05, 0.1) is 33.5 Å². The first-order valence-corrected chi connectivity index (χ1v) is 14.5. The molecule has 40 heavy (non-hydrogen) atoms. The lowest BCUT2D eigenvalue weighted by Gasteiger charge is -2.27. The first-order chi connectivity index (χ1) is 19.8. The summed E-state index contributed by atoms with van der Waals surface area (Å²) in [5, 5.41) is 0. The maximum absolute atomic E-state index is 5.99. The van der Waals surface area contributed by atoms with E-state index < -0.39 is 0 Å². The SMILES string of the molecule is COc1cccc(CN(Cc2cccc(N3CCCC3)c2)c2ccnc(OCCOCCN3CCOCC3)c2)c1. The molecule has 0 amide bonds. The van der Waals surface area contributed by atoms with Gasteiger partial charge in [-0.05, 0) is 54.3 Å². The Bertz CT molecular complexity index is 1180. The maximum Gasteiger partial charge on any atom is 0.215 e. The van der Waals surface area contributed by atoms with Crippen LogP contribution < -0.4 is 19.3 Å². The van der Waals surface area contributed by atoms with Gasteiger partial charge in [0, 0.05) is 69.5 Å². The molecule has 3 aromatic rings. The van der Waals surface area contributed by atoms with Gasteiger partial charge in [-0.15, -0.1) is 0 Å². The molecule has 3 heterocycles. The number of hydrogen-bond donors (Lipinski definition) is 0. The zero-order valence-electron chi connectivity index (χ0n) is 23.7. The standard InChI is InChI=1S/C32H42N4O4/c1-37-31-9-5-7-28(23-31)26-36(25-27-6-4-8-29(22-27)35-12-2-3-13-35)30-10-11-33-32(24-30)40-21-20-39-19-16-34-14-17-38-18-15-34/h4-11,22-24H,2-3,12-21,25-26H2,1H3. The van der Waals surface area contributed by atoms with Crippen molar-refractivity contribution in [1.82, 2.24) is 9.88 Å². The average molecular weight is 547 g/mol. The third kappa shape index (κ3) is 8.34. The molecular weight excluding hydrogens is 504 g/mol. The molecule has 1 aromatic heterocycles. The molecule has 0 unspecified atom stereocenters. The summed E-state index contributed by atoms with van der Waals surface area (Å²) in [6.07, 6.45) is 4.36. The minimum Gasteiger partial charge on any atom is -0.497 e. The first-order valence-electron chi connectivity index (χ1n) is 14.5. The third-order valence-corrected chi connectivity index (χ3v) is 7.48. The van der Waals surface area contributed by atoms with Crippen LogP contribution in [0.2, 0.25) is 0 Å². The molecule has 0 atom stereocenters. The van der Waals surface area contributed by atoms with E-state index >= 15 is 0 Å². The second-order valence-corrected chi connectivity index (χ2v) is 10.3. The molecule has 2 fully saturated rings. The van der Waals surface area contributed by atoms with E-state index in [1.165, 1.54) is 29.7 Å². The molecule has 2 saturated heterocycles. The number of aromatic nitrogens is 1. The first kappa shape index (κ1) is 28.2. The maximum atomic E-state index is 5.99. The predicted octanol–water partition coefficient (Wildman–Crippen LogP) is 4.62. The Kier molecular flexibility index (Phi) is 10.5. The van der Waals surface area contributed by atoms with Crippen molar-refractivity contribution in [2.24, 2.45) is 0 Å². The van der Waals surface area contributed by atoms with E-state index in [4.69, 9.17) is 18.9 Å². The Balaban J connectivity index is 1.23. The van der Waals surface area contributed by atoms with Crippen LogP contribution in [0.1, 0.15) is 24.0 Å².